The number of carboxylic acid groups (broad SMARTS) is 1. The number of aliphatic carboxylic acids is 1. The van der Waals surface area contributed by atoms with E-state index in [4.69, 9.17) is 14.2 Å². The fraction of sp³-hybridized carbons (Fsp3) is 0.615. The maximum absolute atomic E-state index is 12.6. The highest BCUT2D eigenvalue weighted by atomic mass is 16.6. The van der Waals surface area contributed by atoms with Gasteiger partial charge in [-0.15, -0.1) is 0 Å². The lowest BCUT2D eigenvalue weighted by Gasteiger charge is -2.31. The Balaban J connectivity index is 4.54. The molecule has 0 spiro atoms. The van der Waals surface area contributed by atoms with Crippen molar-refractivity contribution in [2.75, 3.05) is 41.0 Å². The van der Waals surface area contributed by atoms with Crippen molar-refractivity contribution in [2.45, 2.75) is 116 Å². The highest BCUT2D eigenvalue weighted by Crippen LogP contribution is 2.11. The minimum atomic E-state index is -0.893. The van der Waals surface area contributed by atoms with Gasteiger partial charge in [0.25, 0.3) is 0 Å². The molecule has 2 unspecified atom stereocenters. The highest BCUT2D eigenvalue weighted by molar-refractivity contribution is 5.72. The number of hydrogen-bond donors (Lipinski definition) is 1. The topological polar surface area (TPSA) is 99.1 Å². The number of ether oxygens (including phenoxy) is 3. The Bertz CT molecular complexity index is 1000. The van der Waals surface area contributed by atoms with Gasteiger partial charge in [0.05, 0.1) is 34.4 Å². The molecule has 2 atom stereocenters. The van der Waals surface area contributed by atoms with Gasteiger partial charge < -0.3 is 23.8 Å². The number of likely N-dealkylation sites (N-methyl/N-ethyl adjacent to an activating group) is 1. The first-order valence-corrected chi connectivity index (χ1v) is 17.5. The van der Waals surface area contributed by atoms with Crippen LogP contribution in [-0.4, -0.2) is 80.6 Å². The summed E-state index contributed by atoms with van der Waals surface area (Å²) in [6, 6.07) is -0.629. The lowest BCUT2D eigenvalue weighted by molar-refractivity contribution is -0.887. The molecule has 0 heterocycles. The van der Waals surface area contributed by atoms with Crippen LogP contribution in [0.15, 0.2) is 72.9 Å². The zero-order chi connectivity index (χ0) is 35.0. The molecule has 0 saturated carbocycles. The first-order chi connectivity index (χ1) is 22.6. The first kappa shape index (κ1) is 43.8. The van der Waals surface area contributed by atoms with E-state index in [0.29, 0.717) is 19.3 Å². The van der Waals surface area contributed by atoms with Gasteiger partial charge in [-0.3, -0.25) is 9.59 Å². The predicted molar refractivity (Wildman–Crippen MR) is 192 cm³/mol. The van der Waals surface area contributed by atoms with E-state index in [0.717, 1.165) is 57.8 Å². The number of rotatable bonds is 29. The van der Waals surface area contributed by atoms with Crippen molar-refractivity contribution in [3.63, 3.8) is 0 Å². The summed E-state index contributed by atoms with van der Waals surface area (Å²) < 4.78 is 17.0. The molecule has 0 saturated heterocycles. The largest absolute Gasteiger partial charge is 0.477 e. The monoisotopic (exact) mass is 658 g/mol. The second kappa shape index (κ2) is 30.1. The molecular weight excluding hydrogens is 594 g/mol. The Labute approximate surface area is 285 Å². The SMILES string of the molecule is CC/C=C/C/C=C/C/C=C/C/C=C/CCCCCC(=O)OC(COCCC(C(=O)O)[N+](C)(C)C)COC(=O)CC/C=C/C/C=C/CC. The summed E-state index contributed by atoms with van der Waals surface area (Å²) in [5.74, 6) is -1.62. The summed E-state index contributed by atoms with van der Waals surface area (Å²) in [4.78, 5) is 36.5. The van der Waals surface area contributed by atoms with Crippen LogP contribution >= 0.6 is 0 Å². The molecule has 1 N–H and O–H groups in total. The molecule has 0 radical (unpaired) electrons. The molecular formula is C39H64NO7+. The molecule has 266 valence electrons. The number of carboxylic acids is 1. The predicted octanol–water partition coefficient (Wildman–Crippen LogP) is 8.46. The molecule has 0 aliphatic rings. The minimum absolute atomic E-state index is 0.0258. The van der Waals surface area contributed by atoms with Crippen molar-refractivity contribution in [1.82, 2.24) is 0 Å². The van der Waals surface area contributed by atoms with Gasteiger partial charge in [0, 0.05) is 19.3 Å². The Morgan fingerprint density at radius 1 is 0.638 bits per heavy atom. The van der Waals surface area contributed by atoms with E-state index in [1.165, 1.54) is 0 Å². The quantitative estimate of drug-likeness (QED) is 0.0373. The average molecular weight is 659 g/mol. The fourth-order valence-corrected chi connectivity index (χ4v) is 4.43. The van der Waals surface area contributed by atoms with E-state index < -0.39 is 18.1 Å². The van der Waals surface area contributed by atoms with Gasteiger partial charge in [0.15, 0.2) is 12.1 Å². The molecule has 0 amide bonds. The molecule has 0 aliphatic heterocycles. The van der Waals surface area contributed by atoms with Gasteiger partial charge in [-0.2, -0.15) is 0 Å². The molecule has 8 nitrogen and oxygen atoms in total. The Morgan fingerprint density at radius 2 is 1.17 bits per heavy atom. The number of esters is 2. The van der Waals surface area contributed by atoms with Gasteiger partial charge in [-0.05, 0) is 64.2 Å². The summed E-state index contributed by atoms with van der Waals surface area (Å²) in [7, 11) is 5.47. The molecule has 0 aromatic carbocycles. The molecule has 0 fully saturated rings. The number of carbonyl (C=O) groups excluding carboxylic acids is 2. The van der Waals surface area contributed by atoms with Gasteiger partial charge in [-0.25, -0.2) is 4.79 Å². The average Bonchev–Trinajstić information content (AvgIpc) is 3.01. The van der Waals surface area contributed by atoms with Crippen molar-refractivity contribution in [3.8, 4) is 0 Å². The Kier molecular flexibility index (Phi) is 28.1. The normalized spacial score (nSPS) is 14.0. The van der Waals surface area contributed by atoms with Crippen LogP contribution in [0.2, 0.25) is 0 Å². The summed E-state index contributed by atoms with van der Waals surface area (Å²) in [6.07, 6.45) is 35.6. The summed E-state index contributed by atoms with van der Waals surface area (Å²) >= 11 is 0. The van der Waals surface area contributed by atoms with Crippen LogP contribution in [0.5, 0.6) is 0 Å². The first-order valence-electron chi connectivity index (χ1n) is 17.5. The molecule has 0 aromatic heterocycles. The third kappa shape index (κ3) is 28.7. The van der Waals surface area contributed by atoms with E-state index in [-0.39, 0.29) is 49.1 Å². The second-order valence-corrected chi connectivity index (χ2v) is 12.4. The zero-order valence-corrected chi connectivity index (χ0v) is 29.9. The van der Waals surface area contributed by atoms with Crippen molar-refractivity contribution in [3.05, 3.63) is 72.9 Å². The summed E-state index contributed by atoms with van der Waals surface area (Å²) in [6.45, 7) is 4.33. The Morgan fingerprint density at radius 3 is 1.70 bits per heavy atom. The van der Waals surface area contributed by atoms with Crippen LogP contribution in [0, 0.1) is 0 Å². The van der Waals surface area contributed by atoms with Crippen LogP contribution in [-0.2, 0) is 28.6 Å². The van der Waals surface area contributed by atoms with Crippen molar-refractivity contribution < 1.29 is 38.2 Å². The fourth-order valence-electron chi connectivity index (χ4n) is 4.43. The van der Waals surface area contributed by atoms with Crippen LogP contribution in [0.1, 0.15) is 104 Å². The standard InChI is InChI=1S/C39H63NO7/c1-6-8-10-12-14-15-16-17-18-19-20-21-22-24-26-28-30-38(42)47-35(33-45-32-31-36(39(43)44)40(3,4)5)34-46-37(41)29-27-25-23-13-11-9-7-2/h8-11,14-15,17-18,20-21,23,25,35-36H,6-7,12-13,16,19,22,24,26-34H2,1-5H3/p+1/b10-8+,11-9+,15-14+,18-17+,21-20+,25-23+. The molecule has 0 bridgehead atoms. The molecule has 47 heavy (non-hydrogen) atoms. The lowest BCUT2D eigenvalue weighted by Crippen LogP contribution is -2.50. The van der Waals surface area contributed by atoms with E-state index >= 15 is 0 Å². The summed E-state index contributed by atoms with van der Waals surface area (Å²) in [5, 5.41) is 9.54. The van der Waals surface area contributed by atoms with E-state index in [2.05, 4.69) is 74.6 Å². The number of nitrogens with zero attached hydrogens (tertiary/aromatic N) is 1. The maximum atomic E-state index is 12.6. The maximum Gasteiger partial charge on any atom is 0.362 e. The number of quaternary nitrogens is 1. The minimum Gasteiger partial charge on any atom is -0.477 e. The molecule has 0 rings (SSSR count). The van der Waals surface area contributed by atoms with Crippen LogP contribution < -0.4 is 0 Å². The lowest BCUT2D eigenvalue weighted by atomic mass is 10.1. The van der Waals surface area contributed by atoms with Gasteiger partial charge in [0.1, 0.15) is 6.61 Å². The molecule has 8 heteroatoms. The molecule has 0 aromatic rings. The van der Waals surface area contributed by atoms with Crippen LogP contribution in [0.3, 0.4) is 0 Å². The van der Waals surface area contributed by atoms with Crippen LogP contribution in [0.4, 0.5) is 0 Å². The second-order valence-electron chi connectivity index (χ2n) is 12.4. The van der Waals surface area contributed by atoms with Gasteiger partial charge >= 0.3 is 17.9 Å². The van der Waals surface area contributed by atoms with Crippen LogP contribution in [0.25, 0.3) is 0 Å². The van der Waals surface area contributed by atoms with Crippen molar-refractivity contribution in [2.24, 2.45) is 0 Å². The number of allylic oxidation sites excluding steroid dienone is 12. The van der Waals surface area contributed by atoms with Gasteiger partial charge in [-0.1, -0.05) is 93.2 Å². The molecule has 0 aliphatic carbocycles. The number of hydrogen-bond acceptors (Lipinski definition) is 6. The van der Waals surface area contributed by atoms with Gasteiger partial charge in [0.2, 0.25) is 0 Å². The van der Waals surface area contributed by atoms with Crippen molar-refractivity contribution >= 4 is 17.9 Å². The van der Waals surface area contributed by atoms with Crippen molar-refractivity contribution in [1.29, 1.82) is 0 Å². The third-order valence-corrected chi connectivity index (χ3v) is 7.11. The highest BCUT2D eigenvalue weighted by Gasteiger charge is 2.31. The van der Waals surface area contributed by atoms with E-state index in [1.54, 1.807) is 0 Å². The number of carbonyl (C=O) groups is 3. The smallest absolute Gasteiger partial charge is 0.362 e. The van der Waals surface area contributed by atoms with E-state index in [1.807, 2.05) is 33.3 Å². The third-order valence-electron chi connectivity index (χ3n) is 7.11. The number of unbranched alkanes of at least 4 members (excludes halogenated alkanes) is 3. The Hall–Kier alpha value is -3.23. The summed E-state index contributed by atoms with van der Waals surface area (Å²) in [5.41, 5.74) is 0. The van der Waals surface area contributed by atoms with E-state index in [9.17, 15) is 19.5 Å². The zero-order valence-electron chi connectivity index (χ0n) is 29.9.